The molecule has 1 atom stereocenters. The van der Waals surface area contributed by atoms with E-state index in [1.807, 2.05) is 6.92 Å². The van der Waals surface area contributed by atoms with Gasteiger partial charge >= 0.3 is 0 Å². The van der Waals surface area contributed by atoms with Crippen LogP contribution in [0.25, 0.3) is 0 Å². The number of aryl methyl sites for hydroxylation is 1. The number of nitrogens with zero attached hydrogens (tertiary/aromatic N) is 2. The lowest BCUT2D eigenvalue weighted by atomic mass is 10.1. The molecule has 0 saturated carbocycles. The summed E-state index contributed by atoms with van der Waals surface area (Å²) in [6.07, 6.45) is 3.50. The van der Waals surface area contributed by atoms with E-state index in [1.165, 1.54) is 0 Å². The van der Waals surface area contributed by atoms with Crippen molar-refractivity contribution >= 4 is 5.91 Å². The normalized spacial score (nSPS) is 12.5. The fourth-order valence-corrected chi connectivity index (χ4v) is 0.946. The molecule has 1 unspecified atom stereocenters. The Labute approximate surface area is 76.2 Å². The third-order valence-electron chi connectivity index (χ3n) is 1.76. The summed E-state index contributed by atoms with van der Waals surface area (Å²) in [6, 6.07) is -0.685. The van der Waals surface area contributed by atoms with Crippen LogP contribution in [0.3, 0.4) is 0 Å². The standard InChI is InChI=1S/C8H12N4O/c1-5-7(12-3-2-11-5)4-6(9)8(10)13/h2-3,6H,4,9H2,1H3,(H2,10,13). The zero-order valence-corrected chi connectivity index (χ0v) is 7.40. The number of rotatable bonds is 3. The maximum Gasteiger partial charge on any atom is 0.234 e. The van der Waals surface area contributed by atoms with Gasteiger partial charge in [-0.3, -0.25) is 14.8 Å². The summed E-state index contributed by atoms with van der Waals surface area (Å²) < 4.78 is 0. The first-order valence-electron chi connectivity index (χ1n) is 3.92. The largest absolute Gasteiger partial charge is 0.368 e. The van der Waals surface area contributed by atoms with E-state index in [0.29, 0.717) is 12.1 Å². The molecule has 0 aliphatic carbocycles. The first-order chi connectivity index (χ1) is 6.11. The van der Waals surface area contributed by atoms with Crippen molar-refractivity contribution in [1.29, 1.82) is 0 Å². The van der Waals surface area contributed by atoms with E-state index in [-0.39, 0.29) is 0 Å². The van der Waals surface area contributed by atoms with Gasteiger partial charge in [-0.1, -0.05) is 0 Å². The summed E-state index contributed by atoms with van der Waals surface area (Å²) in [5, 5.41) is 0. The molecule has 4 N–H and O–H groups in total. The predicted octanol–water partition coefficient (Wildman–Crippen LogP) is -0.860. The zero-order valence-electron chi connectivity index (χ0n) is 7.40. The molecule has 5 nitrogen and oxygen atoms in total. The van der Waals surface area contributed by atoms with Crippen LogP contribution in [0.5, 0.6) is 0 Å². The van der Waals surface area contributed by atoms with Crippen LogP contribution in [0.15, 0.2) is 12.4 Å². The fraction of sp³-hybridized carbons (Fsp3) is 0.375. The lowest BCUT2D eigenvalue weighted by Gasteiger charge is -2.07. The van der Waals surface area contributed by atoms with Crippen molar-refractivity contribution in [2.45, 2.75) is 19.4 Å². The average Bonchev–Trinajstić information content (AvgIpc) is 2.08. The molecule has 0 aliphatic heterocycles. The maximum atomic E-state index is 10.7. The highest BCUT2D eigenvalue weighted by atomic mass is 16.1. The van der Waals surface area contributed by atoms with Crippen LogP contribution in [0, 0.1) is 6.92 Å². The van der Waals surface area contributed by atoms with Crippen molar-refractivity contribution in [1.82, 2.24) is 9.97 Å². The summed E-state index contributed by atoms with van der Waals surface area (Å²) >= 11 is 0. The zero-order chi connectivity index (χ0) is 9.84. The summed E-state index contributed by atoms with van der Waals surface area (Å²) in [7, 11) is 0. The molecule has 0 spiro atoms. The van der Waals surface area contributed by atoms with Gasteiger partial charge in [-0.05, 0) is 6.92 Å². The second kappa shape index (κ2) is 3.95. The SMILES string of the molecule is Cc1nccnc1CC(N)C(N)=O. The van der Waals surface area contributed by atoms with Crippen molar-refractivity contribution in [3.63, 3.8) is 0 Å². The molecule has 1 rings (SSSR count). The topological polar surface area (TPSA) is 94.9 Å². The minimum Gasteiger partial charge on any atom is -0.368 e. The fourth-order valence-electron chi connectivity index (χ4n) is 0.946. The molecule has 0 radical (unpaired) electrons. The maximum absolute atomic E-state index is 10.7. The van der Waals surface area contributed by atoms with Crippen LogP contribution in [0.2, 0.25) is 0 Å². The first-order valence-corrected chi connectivity index (χ1v) is 3.92. The minimum absolute atomic E-state index is 0.342. The molecule has 13 heavy (non-hydrogen) atoms. The van der Waals surface area contributed by atoms with E-state index >= 15 is 0 Å². The Kier molecular flexibility index (Phi) is 2.92. The van der Waals surface area contributed by atoms with Gasteiger partial charge < -0.3 is 11.5 Å². The monoisotopic (exact) mass is 180 g/mol. The predicted molar refractivity (Wildman–Crippen MR) is 47.6 cm³/mol. The van der Waals surface area contributed by atoms with Crippen LogP contribution < -0.4 is 11.5 Å². The quantitative estimate of drug-likeness (QED) is 0.632. The smallest absolute Gasteiger partial charge is 0.234 e. The number of amides is 1. The summed E-state index contributed by atoms with van der Waals surface area (Å²) in [5.74, 6) is -0.523. The van der Waals surface area contributed by atoms with Crippen molar-refractivity contribution < 1.29 is 4.79 Å². The Morgan fingerprint density at radius 1 is 1.54 bits per heavy atom. The van der Waals surface area contributed by atoms with Gasteiger partial charge in [0.1, 0.15) is 0 Å². The number of nitrogens with two attached hydrogens (primary N) is 2. The van der Waals surface area contributed by atoms with Gasteiger partial charge in [0.2, 0.25) is 5.91 Å². The summed E-state index contributed by atoms with van der Waals surface area (Å²) in [6.45, 7) is 1.82. The molecule has 0 saturated heterocycles. The number of hydrogen-bond donors (Lipinski definition) is 2. The number of aromatic nitrogens is 2. The number of primary amides is 1. The Hall–Kier alpha value is -1.49. The van der Waals surface area contributed by atoms with Crippen molar-refractivity contribution in [3.8, 4) is 0 Å². The van der Waals surface area contributed by atoms with E-state index < -0.39 is 11.9 Å². The molecule has 1 aromatic heterocycles. The number of carbonyl (C=O) groups excluding carboxylic acids is 1. The minimum atomic E-state index is -0.685. The van der Waals surface area contributed by atoms with E-state index in [0.717, 1.165) is 5.69 Å². The molecule has 70 valence electrons. The molecular weight excluding hydrogens is 168 g/mol. The van der Waals surface area contributed by atoms with Crippen molar-refractivity contribution in [2.24, 2.45) is 11.5 Å². The van der Waals surface area contributed by atoms with Crippen LogP contribution >= 0.6 is 0 Å². The third kappa shape index (κ3) is 2.48. The van der Waals surface area contributed by atoms with Gasteiger partial charge in [0, 0.05) is 18.8 Å². The van der Waals surface area contributed by atoms with Gasteiger partial charge in [-0.2, -0.15) is 0 Å². The number of hydrogen-bond acceptors (Lipinski definition) is 4. The van der Waals surface area contributed by atoms with Crippen molar-refractivity contribution in [3.05, 3.63) is 23.8 Å². The lowest BCUT2D eigenvalue weighted by molar-refractivity contribution is -0.119. The molecule has 0 aliphatic rings. The van der Waals surface area contributed by atoms with Crippen LogP contribution in [0.4, 0.5) is 0 Å². The molecule has 5 heteroatoms. The van der Waals surface area contributed by atoms with E-state index in [1.54, 1.807) is 12.4 Å². The molecule has 1 heterocycles. The van der Waals surface area contributed by atoms with E-state index in [2.05, 4.69) is 9.97 Å². The van der Waals surface area contributed by atoms with Crippen molar-refractivity contribution in [2.75, 3.05) is 0 Å². The first kappa shape index (κ1) is 9.60. The Morgan fingerprint density at radius 3 is 2.69 bits per heavy atom. The Balaban J connectivity index is 2.74. The third-order valence-corrected chi connectivity index (χ3v) is 1.76. The highest BCUT2D eigenvalue weighted by Gasteiger charge is 2.12. The van der Waals surface area contributed by atoms with E-state index in [4.69, 9.17) is 11.5 Å². The number of carbonyl (C=O) groups is 1. The second-order valence-corrected chi connectivity index (χ2v) is 2.80. The molecule has 0 aromatic carbocycles. The van der Waals surface area contributed by atoms with E-state index in [9.17, 15) is 4.79 Å². The molecule has 1 aromatic rings. The Bertz CT molecular complexity index is 313. The van der Waals surface area contributed by atoms with Gasteiger partial charge in [0.25, 0.3) is 0 Å². The molecule has 0 fully saturated rings. The molecule has 1 amide bonds. The summed E-state index contributed by atoms with van der Waals surface area (Å²) in [5.41, 5.74) is 12.0. The van der Waals surface area contributed by atoms with Gasteiger partial charge in [0.15, 0.2) is 0 Å². The average molecular weight is 180 g/mol. The van der Waals surface area contributed by atoms with Gasteiger partial charge in [0.05, 0.1) is 17.4 Å². The Morgan fingerprint density at radius 2 is 2.15 bits per heavy atom. The molecular formula is C8H12N4O. The highest BCUT2D eigenvalue weighted by molar-refractivity contribution is 5.79. The van der Waals surface area contributed by atoms with Crippen LogP contribution in [-0.2, 0) is 11.2 Å². The van der Waals surface area contributed by atoms with Crippen LogP contribution in [-0.4, -0.2) is 21.9 Å². The molecule has 0 bridgehead atoms. The highest BCUT2D eigenvalue weighted by Crippen LogP contribution is 2.01. The van der Waals surface area contributed by atoms with Gasteiger partial charge in [-0.15, -0.1) is 0 Å². The van der Waals surface area contributed by atoms with Gasteiger partial charge in [-0.25, -0.2) is 0 Å². The lowest BCUT2D eigenvalue weighted by Crippen LogP contribution is -2.38. The van der Waals surface area contributed by atoms with Crippen LogP contribution in [0.1, 0.15) is 11.4 Å². The second-order valence-electron chi connectivity index (χ2n) is 2.80. The summed E-state index contributed by atoms with van der Waals surface area (Å²) in [4.78, 5) is 18.7.